The lowest BCUT2D eigenvalue weighted by Gasteiger charge is -2.34. The molecule has 1 heterocycles. The Kier molecular flexibility index (Phi) is 5.22. The molecule has 0 unspecified atom stereocenters. The molecule has 1 aliphatic heterocycles. The van der Waals surface area contributed by atoms with Crippen LogP contribution in [-0.4, -0.2) is 56.9 Å². The SMILES string of the molecule is C[C@@H](C(=O)NC1CC1)[NH+]1CCN(S(=O)(=O)Cc2ccccc2)CC1. The Bertz CT molecular complexity index is 666. The van der Waals surface area contributed by atoms with Crippen LogP contribution in [0.15, 0.2) is 30.3 Å². The van der Waals surface area contributed by atoms with Crippen LogP contribution in [0.5, 0.6) is 0 Å². The highest BCUT2D eigenvalue weighted by Gasteiger charge is 2.35. The lowest BCUT2D eigenvalue weighted by molar-refractivity contribution is -0.917. The topological polar surface area (TPSA) is 70.9 Å². The molecule has 132 valence electrons. The van der Waals surface area contributed by atoms with Gasteiger partial charge in [0.1, 0.15) is 0 Å². The second-order valence-electron chi connectivity index (χ2n) is 6.80. The largest absolute Gasteiger partial charge is 0.348 e. The average molecular weight is 352 g/mol. The van der Waals surface area contributed by atoms with Crippen molar-refractivity contribution in [3.63, 3.8) is 0 Å². The molecule has 2 fully saturated rings. The number of rotatable bonds is 6. The van der Waals surface area contributed by atoms with E-state index in [1.807, 2.05) is 37.3 Å². The summed E-state index contributed by atoms with van der Waals surface area (Å²) in [6, 6.07) is 9.51. The third-order valence-corrected chi connectivity index (χ3v) is 6.73. The fraction of sp³-hybridized carbons (Fsp3) is 0.588. The van der Waals surface area contributed by atoms with Crippen LogP contribution in [0.25, 0.3) is 0 Å². The third-order valence-electron chi connectivity index (χ3n) is 4.88. The van der Waals surface area contributed by atoms with E-state index >= 15 is 0 Å². The normalized spacial score (nSPS) is 21.4. The monoisotopic (exact) mass is 352 g/mol. The fourth-order valence-corrected chi connectivity index (χ4v) is 4.64. The van der Waals surface area contributed by atoms with E-state index in [4.69, 9.17) is 0 Å². The minimum absolute atomic E-state index is 0.0426. The van der Waals surface area contributed by atoms with Gasteiger partial charge in [0.25, 0.3) is 5.91 Å². The summed E-state index contributed by atoms with van der Waals surface area (Å²) < 4.78 is 26.7. The Morgan fingerprint density at radius 1 is 1.25 bits per heavy atom. The zero-order chi connectivity index (χ0) is 17.2. The molecule has 7 heteroatoms. The highest BCUT2D eigenvalue weighted by atomic mass is 32.2. The maximum atomic E-state index is 12.6. The Morgan fingerprint density at radius 3 is 2.46 bits per heavy atom. The molecule has 1 aliphatic carbocycles. The quantitative estimate of drug-likeness (QED) is 0.717. The number of sulfonamides is 1. The number of hydrogen-bond acceptors (Lipinski definition) is 3. The highest BCUT2D eigenvalue weighted by molar-refractivity contribution is 7.88. The summed E-state index contributed by atoms with van der Waals surface area (Å²) in [5, 5.41) is 3.03. The minimum atomic E-state index is -3.30. The molecule has 6 nitrogen and oxygen atoms in total. The maximum absolute atomic E-state index is 12.6. The van der Waals surface area contributed by atoms with Crippen molar-refractivity contribution in [2.24, 2.45) is 0 Å². The van der Waals surface area contributed by atoms with E-state index in [9.17, 15) is 13.2 Å². The first-order valence-electron chi connectivity index (χ1n) is 8.62. The van der Waals surface area contributed by atoms with Gasteiger partial charge >= 0.3 is 0 Å². The van der Waals surface area contributed by atoms with Gasteiger partial charge in [-0.15, -0.1) is 0 Å². The summed E-state index contributed by atoms with van der Waals surface area (Å²) in [4.78, 5) is 13.3. The van der Waals surface area contributed by atoms with Gasteiger partial charge in [0.2, 0.25) is 10.0 Å². The fourth-order valence-electron chi connectivity index (χ4n) is 3.10. The van der Waals surface area contributed by atoms with Crippen molar-refractivity contribution in [1.29, 1.82) is 0 Å². The zero-order valence-corrected chi connectivity index (χ0v) is 14.9. The van der Waals surface area contributed by atoms with E-state index in [1.165, 1.54) is 4.90 Å². The van der Waals surface area contributed by atoms with Crippen LogP contribution in [0.4, 0.5) is 0 Å². The second kappa shape index (κ2) is 7.21. The Morgan fingerprint density at radius 2 is 1.88 bits per heavy atom. The van der Waals surface area contributed by atoms with Crippen molar-refractivity contribution in [2.45, 2.75) is 37.6 Å². The number of carbonyl (C=O) groups is 1. The molecule has 1 saturated carbocycles. The molecule has 0 spiro atoms. The van der Waals surface area contributed by atoms with Crippen LogP contribution in [0.3, 0.4) is 0 Å². The maximum Gasteiger partial charge on any atom is 0.278 e. The Hall–Kier alpha value is -1.44. The van der Waals surface area contributed by atoms with Gasteiger partial charge in [-0.3, -0.25) is 4.79 Å². The average Bonchev–Trinajstić information content (AvgIpc) is 3.39. The number of quaternary nitrogens is 1. The van der Waals surface area contributed by atoms with Gasteiger partial charge in [0.15, 0.2) is 6.04 Å². The first-order chi connectivity index (χ1) is 11.5. The van der Waals surface area contributed by atoms with Crippen molar-refractivity contribution < 1.29 is 18.1 Å². The molecule has 3 rings (SSSR count). The summed E-state index contributed by atoms with van der Waals surface area (Å²) in [5.41, 5.74) is 0.810. The predicted molar refractivity (Wildman–Crippen MR) is 92.0 cm³/mol. The van der Waals surface area contributed by atoms with Crippen LogP contribution >= 0.6 is 0 Å². The summed E-state index contributed by atoms with van der Waals surface area (Å²) in [7, 11) is -3.30. The molecule has 2 N–H and O–H groups in total. The van der Waals surface area contributed by atoms with Crippen LogP contribution in [0.1, 0.15) is 25.3 Å². The molecule has 0 aromatic heterocycles. The number of benzene rings is 1. The van der Waals surface area contributed by atoms with Gasteiger partial charge in [0, 0.05) is 6.04 Å². The van der Waals surface area contributed by atoms with E-state index < -0.39 is 10.0 Å². The van der Waals surface area contributed by atoms with Crippen LogP contribution in [0.2, 0.25) is 0 Å². The van der Waals surface area contributed by atoms with E-state index in [0.717, 1.165) is 18.4 Å². The van der Waals surface area contributed by atoms with Crippen LogP contribution in [0, 0.1) is 0 Å². The smallest absolute Gasteiger partial charge is 0.278 e. The zero-order valence-electron chi connectivity index (χ0n) is 14.1. The van der Waals surface area contributed by atoms with E-state index in [-0.39, 0.29) is 17.7 Å². The predicted octanol–water partition coefficient (Wildman–Crippen LogP) is -0.616. The Balaban J connectivity index is 1.53. The number of hydrogen-bond donors (Lipinski definition) is 2. The van der Waals surface area contributed by atoms with Crippen molar-refractivity contribution in [3.8, 4) is 0 Å². The summed E-state index contributed by atoms with van der Waals surface area (Å²) in [6.07, 6.45) is 2.17. The number of nitrogens with zero attached hydrogens (tertiary/aromatic N) is 1. The van der Waals surface area contributed by atoms with Crippen LogP contribution in [-0.2, 0) is 20.6 Å². The number of amides is 1. The first-order valence-corrected chi connectivity index (χ1v) is 10.2. The molecule has 0 bridgehead atoms. The summed E-state index contributed by atoms with van der Waals surface area (Å²) in [6.45, 7) is 4.23. The molecule has 24 heavy (non-hydrogen) atoms. The molecule has 1 saturated heterocycles. The second-order valence-corrected chi connectivity index (χ2v) is 8.77. The van der Waals surface area contributed by atoms with E-state index in [1.54, 1.807) is 4.31 Å². The van der Waals surface area contributed by atoms with Gasteiger partial charge in [-0.2, -0.15) is 4.31 Å². The van der Waals surface area contributed by atoms with Crippen molar-refractivity contribution in [1.82, 2.24) is 9.62 Å². The van der Waals surface area contributed by atoms with Gasteiger partial charge in [-0.05, 0) is 25.3 Å². The van der Waals surface area contributed by atoms with Gasteiger partial charge in [-0.1, -0.05) is 30.3 Å². The molecule has 1 aromatic rings. The molecule has 0 radical (unpaired) electrons. The lowest BCUT2D eigenvalue weighted by Crippen LogP contribution is -3.19. The molecular weight excluding hydrogens is 326 g/mol. The molecule has 1 atom stereocenters. The molecule has 1 aromatic carbocycles. The van der Waals surface area contributed by atoms with Gasteiger partial charge < -0.3 is 10.2 Å². The molecule has 2 aliphatic rings. The Labute approximate surface area is 143 Å². The van der Waals surface area contributed by atoms with Crippen molar-refractivity contribution in [3.05, 3.63) is 35.9 Å². The van der Waals surface area contributed by atoms with Crippen molar-refractivity contribution >= 4 is 15.9 Å². The standard InChI is InChI=1S/C17H25N3O3S/c1-14(17(21)18-16-7-8-16)19-9-11-20(12-10-19)24(22,23)13-15-5-3-2-4-6-15/h2-6,14,16H,7-13H2,1H3,(H,18,21)/p+1/t14-/m0/s1. The van der Waals surface area contributed by atoms with Crippen molar-refractivity contribution in [2.75, 3.05) is 26.2 Å². The number of piperazine rings is 1. The lowest BCUT2D eigenvalue weighted by atomic mass is 10.2. The third kappa shape index (κ3) is 4.34. The van der Waals surface area contributed by atoms with Gasteiger partial charge in [0.05, 0.1) is 31.9 Å². The highest BCUT2D eigenvalue weighted by Crippen LogP contribution is 2.18. The molecular formula is C17H26N3O3S+. The minimum Gasteiger partial charge on any atom is -0.348 e. The summed E-state index contributed by atoms with van der Waals surface area (Å²) >= 11 is 0. The number of nitrogens with one attached hydrogen (secondary N) is 2. The first kappa shape index (κ1) is 17.4. The van der Waals surface area contributed by atoms with E-state index in [0.29, 0.717) is 32.2 Å². The molecule has 1 amide bonds. The van der Waals surface area contributed by atoms with Gasteiger partial charge in [-0.25, -0.2) is 8.42 Å². The van der Waals surface area contributed by atoms with Crippen LogP contribution < -0.4 is 10.2 Å². The number of carbonyl (C=O) groups excluding carboxylic acids is 1. The summed E-state index contributed by atoms with van der Waals surface area (Å²) in [5.74, 6) is 0.133. The van der Waals surface area contributed by atoms with E-state index in [2.05, 4.69) is 5.32 Å².